The van der Waals surface area contributed by atoms with Crippen molar-refractivity contribution in [2.24, 2.45) is 16.7 Å². The van der Waals surface area contributed by atoms with E-state index in [2.05, 4.69) is 46.8 Å². The first-order valence-corrected chi connectivity index (χ1v) is 26.3. The van der Waals surface area contributed by atoms with E-state index in [4.69, 9.17) is 28.0 Å². The number of β-amino-alcohol motifs (C(OH)–C–C–N with tert-alkyl or cyclic N) is 1. The van der Waals surface area contributed by atoms with Gasteiger partial charge in [-0.2, -0.15) is 0 Å². The van der Waals surface area contributed by atoms with Crippen molar-refractivity contribution in [1.29, 1.82) is 0 Å². The van der Waals surface area contributed by atoms with E-state index in [-0.39, 0.29) is 54.3 Å². The summed E-state index contributed by atoms with van der Waals surface area (Å²) in [7, 11) is 0. The third-order valence-electron chi connectivity index (χ3n) is 16.1. The Bertz CT molecular complexity index is 2620. The molecule has 4 aromatic rings. The van der Waals surface area contributed by atoms with Gasteiger partial charge < -0.3 is 45.8 Å². The number of aliphatic hydroxyl groups excluding tert-OH is 1. The summed E-state index contributed by atoms with van der Waals surface area (Å²) in [6.07, 6.45) is 16.9. The number of aromatic hydroxyl groups is 1. The lowest BCUT2D eigenvalue weighted by atomic mass is 9.56. The van der Waals surface area contributed by atoms with E-state index in [0.29, 0.717) is 39.4 Å². The number of hydrogen-bond donors (Lipinski definition) is 5. The van der Waals surface area contributed by atoms with Crippen LogP contribution in [0.2, 0.25) is 5.02 Å². The van der Waals surface area contributed by atoms with Crippen LogP contribution < -0.4 is 25.8 Å². The predicted molar refractivity (Wildman–Crippen MR) is 279 cm³/mol. The summed E-state index contributed by atoms with van der Waals surface area (Å²) < 4.78 is 0. The molecule has 5 aliphatic rings. The summed E-state index contributed by atoms with van der Waals surface area (Å²) in [5, 5.41) is 39.8. The van der Waals surface area contributed by atoms with Crippen LogP contribution in [0.5, 0.6) is 5.75 Å². The smallest absolute Gasteiger partial charge is 0.246 e. The summed E-state index contributed by atoms with van der Waals surface area (Å²) in [5.74, 6) is 3.60. The Kier molecular flexibility index (Phi) is 15.3. The van der Waals surface area contributed by atoms with Gasteiger partial charge in [-0.3, -0.25) is 14.4 Å². The summed E-state index contributed by atoms with van der Waals surface area (Å²) in [4.78, 5) is 60.1. The molecule has 2 aromatic carbocycles. The van der Waals surface area contributed by atoms with Crippen LogP contribution in [0.4, 0.5) is 17.5 Å². The Morgan fingerprint density at radius 1 is 0.917 bits per heavy atom. The molecular formula is C55H70ClN11O5. The number of halogens is 1. The number of terminal acetylenes is 1. The van der Waals surface area contributed by atoms with Gasteiger partial charge >= 0.3 is 0 Å². The summed E-state index contributed by atoms with van der Waals surface area (Å²) in [6, 6.07) is 13.2. The maximum Gasteiger partial charge on any atom is 0.246 e. The van der Waals surface area contributed by atoms with Crippen LogP contribution in [0.1, 0.15) is 108 Å². The molecule has 1 spiro atoms. The monoisotopic (exact) mass is 1000 g/mol. The van der Waals surface area contributed by atoms with Crippen molar-refractivity contribution in [3.8, 4) is 29.4 Å². The van der Waals surface area contributed by atoms with Gasteiger partial charge in [0.05, 0.1) is 17.5 Å². The number of nitrogens with zero attached hydrogens (tertiary/aromatic N) is 8. The van der Waals surface area contributed by atoms with Crippen LogP contribution in [0.25, 0.3) is 11.3 Å². The van der Waals surface area contributed by atoms with Crippen LogP contribution >= 0.6 is 11.6 Å². The first-order valence-electron chi connectivity index (χ1n) is 25.9. The summed E-state index contributed by atoms with van der Waals surface area (Å²) in [5.41, 5.74) is 4.41. The fourth-order valence-corrected chi connectivity index (χ4v) is 12.0. The third kappa shape index (κ3) is 11.1. The fraction of sp³-hybridized carbons (Fsp3) is 0.545. The van der Waals surface area contributed by atoms with Gasteiger partial charge in [0.25, 0.3) is 0 Å². The van der Waals surface area contributed by atoms with Crippen LogP contribution in [-0.2, 0) is 20.9 Å². The highest BCUT2D eigenvalue weighted by Crippen LogP contribution is 2.55. The molecule has 0 unspecified atom stereocenters. The number of carbonyl (C=O) groups is 3. The molecule has 5 N–H and O–H groups in total. The number of likely N-dealkylation sites (tertiary alicyclic amines) is 2. The molecule has 5 heterocycles. The zero-order valence-corrected chi connectivity index (χ0v) is 42.9. The Hall–Kier alpha value is -6.02. The first-order chi connectivity index (χ1) is 34.6. The summed E-state index contributed by atoms with van der Waals surface area (Å²) in [6.45, 7) is 13.9. The average molecular weight is 1000 g/mol. The van der Waals surface area contributed by atoms with Crippen molar-refractivity contribution in [1.82, 2.24) is 40.6 Å². The van der Waals surface area contributed by atoms with Crippen molar-refractivity contribution in [2.75, 3.05) is 67.5 Å². The Morgan fingerprint density at radius 3 is 2.26 bits per heavy atom. The van der Waals surface area contributed by atoms with Crippen LogP contribution in [0.15, 0.2) is 60.9 Å². The maximum atomic E-state index is 14.3. The van der Waals surface area contributed by atoms with E-state index in [9.17, 15) is 24.6 Å². The molecule has 382 valence electrons. The number of benzene rings is 2. The van der Waals surface area contributed by atoms with E-state index < -0.39 is 23.6 Å². The number of nitrogens with one attached hydrogen (secondary N) is 3. The standard InChI is InChI=1S/C55H70ClN11O5/c1-6-35-12-13-38(43(56)26-35)31-58-51(71)46-27-41(68)34-67(46)52(72)48(54(3,4)5)61-50(70)37-14-18-55(19-15-37)29-40(30-55)64-20-16-36(17-21-64)39-32-59-53(60-33-39)66-24-22-65(23-25-66)45-28-44(62-63-49(45)57-7-2)42-10-8-9-11-47(42)69/h1,8-13,26,28,32-33,36-37,40-41,46,48,68-69H,7,14-25,27,29-31,34H2,2-5H3,(H,57,63)(H,58,71)(H,61,70)/t37?,40?,41-,46+,48-,55?/m1/s1. The molecule has 17 heteroatoms. The minimum absolute atomic E-state index is 0.0140. The lowest BCUT2D eigenvalue weighted by Crippen LogP contribution is -2.59. The van der Waals surface area contributed by atoms with Gasteiger partial charge in [-0.05, 0) is 130 Å². The number of para-hydroxylation sites is 1. The van der Waals surface area contributed by atoms with Gasteiger partial charge in [0.15, 0.2) is 5.82 Å². The molecule has 3 saturated heterocycles. The van der Waals surface area contributed by atoms with Gasteiger partial charge in [-0.25, -0.2) is 9.97 Å². The molecule has 9 rings (SSSR count). The molecule has 0 bridgehead atoms. The number of rotatable bonds is 13. The van der Waals surface area contributed by atoms with E-state index in [0.717, 1.165) is 115 Å². The van der Waals surface area contributed by atoms with Crippen molar-refractivity contribution in [2.45, 2.75) is 122 Å². The molecule has 2 saturated carbocycles. The minimum atomic E-state index is -0.881. The van der Waals surface area contributed by atoms with Gasteiger partial charge in [0, 0.05) is 92.7 Å². The van der Waals surface area contributed by atoms with Gasteiger partial charge in [-0.1, -0.05) is 56.5 Å². The number of anilines is 3. The molecule has 3 atom stereocenters. The molecule has 2 aliphatic carbocycles. The van der Waals surface area contributed by atoms with E-state index >= 15 is 0 Å². The van der Waals surface area contributed by atoms with Crippen LogP contribution in [0.3, 0.4) is 0 Å². The average Bonchev–Trinajstić information content (AvgIpc) is 3.78. The molecule has 16 nitrogen and oxygen atoms in total. The molecular weight excluding hydrogens is 930 g/mol. The topological polar surface area (TPSA) is 192 Å². The highest BCUT2D eigenvalue weighted by atomic mass is 35.5. The molecule has 2 aromatic heterocycles. The fourth-order valence-electron chi connectivity index (χ4n) is 11.7. The molecule has 3 amide bonds. The van der Waals surface area contributed by atoms with Crippen molar-refractivity contribution in [3.63, 3.8) is 0 Å². The number of amides is 3. The van der Waals surface area contributed by atoms with Crippen molar-refractivity contribution >= 4 is 46.8 Å². The van der Waals surface area contributed by atoms with E-state index in [1.54, 1.807) is 30.3 Å². The van der Waals surface area contributed by atoms with Gasteiger partial charge in [0.1, 0.15) is 17.8 Å². The minimum Gasteiger partial charge on any atom is -0.507 e. The Balaban J connectivity index is 0.714. The van der Waals surface area contributed by atoms with Crippen LogP contribution in [0, 0.1) is 29.1 Å². The number of piperidine rings is 1. The van der Waals surface area contributed by atoms with Gasteiger partial charge in [-0.15, -0.1) is 16.6 Å². The van der Waals surface area contributed by atoms with Crippen molar-refractivity contribution < 1.29 is 24.6 Å². The highest BCUT2D eigenvalue weighted by Gasteiger charge is 2.50. The second-order valence-electron chi connectivity index (χ2n) is 21.8. The first kappa shape index (κ1) is 50.9. The quantitative estimate of drug-likeness (QED) is 0.0932. The lowest BCUT2D eigenvalue weighted by molar-refractivity contribution is -0.145. The number of carbonyl (C=O) groups excluding carboxylic acids is 3. The molecule has 0 radical (unpaired) electrons. The summed E-state index contributed by atoms with van der Waals surface area (Å²) >= 11 is 6.39. The lowest BCUT2D eigenvalue weighted by Gasteiger charge is -2.55. The normalized spacial score (nSPS) is 24.3. The van der Waals surface area contributed by atoms with E-state index in [1.165, 1.54) is 10.5 Å². The zero-order valence-electron chi connectivity index (χ0n) is 42.1. The number of aliphatic hydroxyl groups is 1. The molecule has 5 fully saturated rings. The third-order valence-corrected chi connectivity index (χ3v) is 16.4. The number of phenolic OH excluding ortho intramolecular Hbond substituents is 1. The SMILES string of the molecule is C#Cc1ccc(CNC(=O)[C@@H]2C[C@@H](O)CN2C(=O)[C@@H](NC(=O)C2CCC3(CC2)CC(N2CCC(c4cnc(N5CCN(c6cc(-c7ccccc7O)nnc6NCC)CC5)nc4)CC2)C3)C(C)(C)C)c(Cl)c1. The number of aromatic nitrogens is 4. The van der Waals surface area contributed by atoms with E-state index in [1.807, 2.05) is 58.3 Å². The van der Waals surface area contributed by atoms with Crippen LogP contribution in [-0.4, -0.2) is 134 Å². The maximum absolute atomic E-state index is 14.3. The second kappa shape index (κ2) is 21.6. The number of hydrogen-bond acceptors (Lipinski definition) is 13. The largest absolute Gasteiger partial charge is 0.507 e. The second-order valence-corrected chi connectivity index (χ2v) is 22.2. The number of phenols is 1. The Labute approximate surface area is 428 Å². The predicted octanol–water partition coefficient (Wildman–Crippen LogP) is 6.36. The van der Waals surface area contributed by atoms with Crippen molar-refractivity contribution in [3.05, 3.63) is 82.6 Å². The molecule has 3 aliphatic heterocycles. The van der Waals surface area contributed by atoms with Gasteiger partial charge in [0.2, 0.25) is 23.7 Å². The number of piperazine rings is 1. The Morgan fingerprint density at radius 2 is 1.61 bits per heavy atom. The molecule has 72 heavy (non-hydrogen) atoms. The highest BCUT2D eigenvalue weighted by molar-refractivity contribution is 6.31. The zero-order chi connectivity index (χ0) is 50.7.